The van der Waals surface area contributed by atoms with Crippen molar-refractivity contribution in [3.8, 4) is 0 Å². The lowest BCUT2D eigenvalue weighted by molar-refractivity contribution is -0.122. The molecule has 2 N–H and O–H groups in total. The van der Waals surface area contributed by atoms with Crippen molar-refractivity contribution in [2.24, 2.45) is 5.73 Å². The van der Waals surface area contributed by atoms with Crippen LogP contribution in [0.1, 0.15) is 18.5 Å². The van der Waals surface area contributed by atoms with E-state index in [4.69, 9.17) is 5.73 Å². The summed E-state index contributed by atoms with van der Waals surface area (Å²) in [6.45, 7) is 1.83. The maximum Gasteiger partial charge on any atom is 0.245 e. The number of aromatic nitrogens is 3. The van der Waals surface area contributed by atoms with Gasteiger partial charge in [0.05, 0.1) is 5.69 Å². The molecule has 1 saturated carbocycles. The minimum Gasteiger partial charge on any atom is -0.368 e. The van der Waals surface area contributed by atoms with E-state index >= 15 is 0 Å². The lowest BCUT2D eigenvalue weighted by atomic mass is 10.2. The summed E-state index contributed by atoms with van der Waals surface area (Å²) in [5.41, 5.74) is 5.50. The van der Waals surface area contributed by atoms with Crippen molar-refractivity contribution in [2.75, 3.05) is 0 Å². The third-order valence-corrected chi connectivity index (χ3v) is 2.23. The van der Waals surface area contributed by atoms with Crippen molar-refractivity contribution in [1.82, 2.24) is 15.0 Å². The highest BCUT2D eigenvalue weighted by Crippen LogP contribution is 2.42. The quantitative estimate of drug-likeness (QED) is 0.647. The first-order chi connectivity index (χ1) is 5.65. The Labute approximate surface area is 69.5 Å². The second-order valence-electron chi connectivity index (χ2n) is 3.20. The maximum absolute atomic E-state index is 11.0. The molecule has 0 aliphatic heterocycles. The van der Waals surface area contributed by atoms with Gasteiger partial charge in [-0.3, -0.25) is 4.79 Å². The summed E-state index contributed by atoms with van der Waals surface area (Å²) in [4.78, 5) is 11.0. The van der Waals surface area contributed by atoms with E-state index < -0.39 is 5.54 Å². The van der Waals surface area contributed by atoms with Crippen LogP contribution < -0.4 is 5.73 Å². The fourth-order valence-corrected chi connectivity index (χ4v) is 1.26. The van der Waals surface area contributed by atoms with Gasteiger partial charge in [-0.25, -0.2) is 4.68 Å². The van der Waals surface area contributed by atoms with Crippen molar-refractivity contribution >= 4 is 5.91 Å². The number of nitrogens with zero attached hydrogens (tertiary/aromatic N) is 3. The Kier molecular flexibility index (Phi) is 1.25. The summed E-state index contributed by atoms with van der Waals surface area (Å²) in [5, 5.41) is 7.65. The van der Waals surface area contributed by atoms with Crippen LogP contribution in [0, 0.1) is 6.92 Å². The van der Waals surface area contributed by atoms with Gasteiger partial charge in [-0.2, -0.15) is 0 Å². The molecule has 0 aromatic carbocycles. The van der Waals surface area contributed by atoms with E-state index in [0.717, 1.165) is 18.5 Å². The molecule has 12 heavy (non-hydrogen) atoms. The van der Waals surface area contributed by atoms with Crippen LogP contribution in [-0.2, 0) is 10.3 Å². The fraction of sp³-hybridized carbons (Fsp3) is 0.571. The van der Waals surface area contributed by atoms with Gasteiger partial charge < -0.3 is 5.73 Å². The van der Waals surface area contributed by atoms with Crippen LogP contribution in [0.15, 0.2) is 6.20 Å². The number of nitrogens with two attached hydrogens (primary N) is 1. The van der Waals surface area contributed by atoms with Crippen LogP contribution in [0.4, 0.5) is 0 Å². The monoisotopic (exact) mass is 166 g/mol. The number of carbonyl (C=O) groups excluding carboxylic acids is 1. The van der Waals surface area contributed by atoms with Gasteiger partial charge in [-0.1, -0.05) is 5.21 Å². The Hall–Kier alpha value is -1.39. The number of carbonyl (C=O) groups is 1. The standard InChI is InChI=1S/C7H10N4O/c1-5-4-11(10-9-5)7(2-3-7)6(8)12/h4H,2-3H2,1H3,(H2,8,12). The Morgan fingerprint density at radius 2 is 2.42 bits per heavy atom. The summed E-state index contributed by atoms with van der Waals surface area (Å²) in [6.07, 6.45) is 3.31. The first kappa shape index (κ1) is 7.27. The van der Waals surface area contributed by atoms with Crippen molar-refractivity contribution < 1.29 is 4.79 Å². The minimum atomic E-state index is -0.554. The first-order valence-corrected chi connectivity index (χ1v) is 3.84. The molecule has 1 amide bonds. The molecule has 5 nitrogen and oxygen atoms in total. The third-order valence-electron chi connectivity index (χ3n) is 2.23. The van der Waals surface area contributed by atoms with Crippen LogP contribution in [0.3, 0.4) is 0 Å². The SMILES string of the molecule is Cc1cn(C2(C(N)=O)CC2)nn1. The van der Waals surface area contributed by atoms with E-state index in [-0.39, 0.29) is 5.91 Å². The van der Waals surface area contributed by atoms with Crippen molar-refractivity contribution in [3.63, 3.8) is 0 Å². The molecular weight excluding hydrogens is 156 g/mol. The van der Waals surface area contributed by atoms with Crippen molar-refractivity contribution in [3.05, 3.63) is 11.9 Å². The van der Waals surface area contributed by atoms with Gasteiger partial charge in [0.15, 0.2) is 0 Å². The lowest BCUT2D eigenvalue weighted by Crippen LogP contribution is -2.34. The zero-order chi connectivity index (χ0) is 8.77. The molecule has 0 atom stereocenters. The molecule has 0 spiro atoms. The highest BCUT2D eigenvalue weighted by atomic mass is 16.2. The van der Waals surface area contributed by atoms with Gasteiger partial charge in [0.1, 0.15) is 5.54 Å². The van der Waals surface area contributed by atoms with E-state index in [1.54, 1.807) is 10.9 Å². The van der Waals surface area contributed by atoms with Gasteiger partial charge in [0, 0.05) is 6.20 Å². The first-order valence-electron chi connectivity index (χ1n) is 3.84. The number of hydrogen-bond donors (Lipinski definition) is 1. The molecule has 0 bridgehead atoms. The second-order valence-corrected chi connectivity index (χ2v) is 3.20. The largest absolute Gasteiger partial charge is 0.368 e. The van der Waals surface area contributed by atoms with Gasteiger partial charge in [0.25, 0.3) is 0 Å². The average Bonchev–Trinajstić information content (AvgIpc) is 2.71. The molecule has 1 heterocycles. The van der Waals surface area contributed by atoms with Crippen LogP contribution in [0.25, 0.3) is 0 Å². The Balaban J connectivity index is 2.36. The summed E-state index contributed by atoms with van der Waals surface area (Å²) >= 11 is 0. The van der Waals surface area contributed by atoms with Crippen LogP contribution >= 0.6 is 0 Å². The number of amides is 1. The predicted octanol–water partition coefficient (Wildman–Crippen LogP) is -0.439. The summed E-state index contributed by atoms with van der Waals surface area (Å²) in [6, 6.07) is 0. The van der Waals surface area contributed by atoms with Crippen molar-refractivity contribution in [1.29, 1.82) is 0 Å². The van der Waals surface area contributed by atoms with Gasteiger partial charge in [-0.05, 0) is 19.8 Å². The fourth-order valence-electron chi connectivity index (χ4n) is 1.26. The molecule has 2 rings (SSSR count). The highest BCUT2D eigenvalue weighted by Gasteiger charge is 2.51. The Morgan fingerprint density at radius 3 is 2.75 bits per heavy atom. The summed E-state index contributed by atoms with van der Waals surface area (Å²) in [5.74, 6) is -0.313. The summed E-state index contributed by atoms with van der Waals surface area (Å²) in [7, 11) is 0. The van der Waals surface area contributed by atoms with E-state index in [2.05, 4.69) is 10.3 Å². The normalized spacial score (nSPS) is 19.1. The number of rotatable bonds is 2. The zero-order valence-corrected chi connectivity index (χ0v) is 6.82. The van der Waals surface area contributed by atoms with Gasteiger partial charge in [-0.15, -0.1) is 5.10 Å². The number of primary amides is 1. The second kappa shape index (κ2) is 2.06. The van der Waals surface area contributed by atoms with E-state index in [1.807, 2.05) is 6.92 Å². The number of aryl methyl sites for hydroxylation is 1. The topological polar surface area (TPSA) is 73.8 Å². The molecule has 5 heteroatoms. The molecule has 0 radical (unpaired) electrons. The minimum absolute atomic E-state index is 0.313. The molecule has 0 saturated heterocycles. The lowest BCUT2D eigenvalue weighted by Gasteiger charge is -2.08. The molecule has 1 fully saturated rings. The Bertz CT molecular complexity index is 326. The zero-order valence-electron chi connectivity index (χ0n) is 6.82. The molecule has 1 aromatic rings. The van der Waals surface area contributed by atoms with Gasteiger partial charge in [0.2, 0.25) is 5.91 Å². The highest BCUT2D eigenvalue weighted by molar-refractivity contribution is 5.85. The van der Waals surface area contributed by atoms with E-state index in [9.17, 15) is 4.79 Å². The maximum atomic E-state index is 11.0. The average molecular weight is 166 g/mol. The molecule has 1 aliphatic carbocycles. The van der Waals surface area contributed by atoms with Gasteiger partial charge >= 0.3 is 0 Å². The van der Waals surface area contributed by atoms with Crippen LogP contribution in [0.2, 0.25) is 0 Å². The number of hydrogen-bond acceptors (Lipinski definition) is 3. The van der Waals surface area contributed by atoms with Crippen LogP contribution in [-0.4, -0.2) is 20.9 Å². The smallest absolute Gasteiger partial charge is 0.245 e. The van der Waals surface area contributed by atoms with E-state index in [0.29, 0.717) is 0 Å². The van der Waals surface area contributed by atoms with E-state index in [1.165, 1.54) is 0 Å². The molecular formula is C7H10N4O. The molecule has 64 valence electrons. The predicted molar refractivity (Wildman–Crippen MR) is 41.2 cm³/mol. The summed E-state index contributed by atoms with van der Waals surface area (Å²) < 4.78 is 1.57. The van der Waals surface area contributed by atoms with Crippen molar-refractivity contribution in [2.45, 2.75) is 25.3 Å². The molecule has 0 unspecified atom stereocenters. The molecule has 1 aliphatic rings. The molecule has 1 aromatic heterocycles. The van der Waals surface area contributed by atoms with Crippen LogP contribution in [0.5, 0.6) is 0 Å². The third kappa shape index (κ3) is 0.823. The Morgan fingerprint density at radius 1 is 1.75 bits per heavy atom.